The fourth-order valence-electron chi connectivity index (χ4n) is 2.71. The number of rotatable bonds is 4. The van der Waals surface area contributed by atoms with Crippen molar-refractivity contribution in [2.75, 3.05) is 13.1 Å². The molecule has 0 spiro atoms. The van der Waals surface area contributed by atoms with Crippen molar-refractivity contribution in [1.82, 2.24) is 4.90 Å². The molecule has 1 aliphatic heterocycles. The van der Waals surface area contributed by atoms with Gasteiger partial charge in [-0.25, -0.2) is 0 Å². The summed E-state index contributed by atoms with van der Waals surface area (Å²) in [6.45, 7) is 5.25. The van der Waals surface area contributed by atoms with Crippen molar-refractivity contribution in [3.05, 3.63) is 28.2 Å². The van der Waals surface area contributed by atoms with E-state index in [1.165, 1.54) is 0 Å². The molecule has 0 aliphatic carbocycles. The molecule has 0 aromatic heterocycles. The van der Waals surface area contributed by atoms with Crippen molar-refractivity contribution in [3.8, 4) is 5.75 Å². The van der Waals surface area contributed by atoms with Gasteiger partial charge in [0.1, 0.15) is 5.75 Å². The van der Waals surface area contributed by atoms with Gasteiger partial charge in [0.2, 0.25) is 0 Å². The predicted molar refractivity (Wildman–Crippen MR) is 89.5 cm³/mol. The first-order valence-electron chi connectivity index (χ1n) is 7.54. The zero-order chi connectivity index (χ0) is 16.3. The molecule has 0 radical (unpaired) electrons. The van der Waals surface area contributed by atoms with Crippen LogP contribution in [0.2, 0.25) is 10.0 Å². The van der Waals surface area contributed by atoms with Crippen LogP contribution in [-0.4, -0.2) is 36.0 Å². The highest BCUT2D eigenvalue weighted by Gasteiger charge is 2.28. The summed E-state index contributed by atoms with van der Waals surface area (Å²) in [5.74, 6) is 1.03. The number of ether oxygens (including phenoxy) is 1. The fraction of sp³-hybridized carbons (Fsp3) is 0.562. The topological polar surface area (TPSA) is 55.6 Å². The molecular formula is C16H22Cl2N2O2. The van der Waals surface area contributed by atoms with Crippen LogP contribution in [0, 0.1) is 5.92 Å². The van der Waals surface area contributed by atoms with Gasteiger partial charge in [0.15, 0.2) is 6.10 Å². The van der Waals surface area contributed by atoms with E-state index in [4.69, 9.17) is 33.7 Å². The summed E-state index contributed by atoms with van der Waals surface area (Å²) in [4.78, 5) is 14.3. The number of carbonyl (C=O) groups excluding carboxylic acids is 1. The molecule has 1 heterocycles. The van der Waals surface area contributed by atoms with Gasteiger partial charge in [-0.2, -0.15) is 0 Å². The molecule has 1 aliphatic rings. The Morgan fingerprint density at radius 1 is 1.27 bits per heavy atom. The molecule has 122 valence electrons. The lowest BCUT2D eigenvalue weighted by Gasteiger charge is -2.35. The number of piperidine rings is 1. The highest BCUT2D eigenvalue weighted by molar-refractivity contribution is 6.42. The van der Waals surface area contributed by atoms with Crippen LogP contribution >= 0.6 is 23.2 Å². The zero-order valence-corrected chi connectivity index (χ0v) is 14.4. The largest absolute Gasteiger partial charge is 0.481 e. The highest BCUT2D eigenvalue weighted by Crippen LogP contribution is 2.27. The lowest BCUT2D eigenvalue weighted by Crippen LogP contribution is -2.46. The van der Waals surface area contributed by atoms with Crippen molar-refractivity contribution < 1.29 is 9.53 Å². The Morgan fingerprint density at radius 2 is 1.91 bits per heavy atom. The van der Waals surface area contributed by atoms with Crippen LogP contribution in [0.4, 0.5) is 0 Å². The summed E-state index contributed by atoms with van der Waals surface area (Å²) < 4.78 is 5.68. The number of benzene rings is 1. The number of halogens is 2. The van der Waals surface area contributed by atoms with Gasteiger partial charge in [0, 0.05) is 25.2 Å². The van der Waals surface area contributed by atoms with E-state index in [9.17, 15) is 4.79 Å². The van der Waals surface area contributed by atoms with Crippen LogP contribution in [0.25, 0.3) is 0 Å². The Morgan fingerprint density at radius 3 is 2.45 bits per heavy atom. The van der Waals surface area contributed by atoms with Crippen molar-refractivity contribution in [2.45, 2.75) is 38.8 Å². The van der Waals surface area contributed by atoms with Gasteiger partial charge in [-0.3, -0.25) is 4.79 Å². The lowest BCUT2D eigenvalue weighted by atomic mass is 9.91. The number of nitrogens with zero attached hydrogens (tertiary/aromatic N) is 1. The molecule has 2 N–H and O–H groups in total. The van der Waals surface area contributed by atoms with Gasteiger partial charge in [0.05, 0.1) is 10.0 Å². The number of hydrogen-bond acceptors (Lipinski definition) is 3. The second kappa shape index (κ2) is 7.53. The molecule has 6 heteroatoms. The molecule has 0 bridgehead atoms. The predicted octanol–water partition coefficient (Wildman–Crippen LogP) is 3.35. The third-order valence-electron chi connectivity index (χ3n) is 4.15. The first-order valence-corrected chi connectivity index (χ1v) is 8.30. The van der Waals surface area contributed by atoms with Crippen molar-refractivity contribution in [3.63, 3.8) is 0 Å². The Hall–Kier alpha value is -0.970. The Kier molecular flexibility index (Phi) is 5.95. The minimum atomic E-state index is -0.552. The van der Waals surface area contributed by atoms with E-state index < -0.39 is 6.10 Å². The van der Waals surface area contributed by atoms with Crippen LogP contribution in [0.3, 0.4) is 0 Å². The summed E-state index contributed by atoms with van der Waals surface area (Å²) in [5.41, 5.74) is 5.93. The minimum absolute atomic E-state index is 0.00537. The molecular weight excluding hydrogens is 323 g/mol. The maximum Gasteiger partial charge on any atom is 0.263 e. The average Bonchev–Trinajstić information content (AvgIpc) is 2.50. The van der Waals surface area contributed by atoms with E-state index in [0.29, 0.717) is 21.7 Å². The van der Waals surface area contributed by atoms with E-state index in [2.05, 4.69) is 0 Å². The van der Waals surface area contributed by atoms with Crippen molar-refractivity contribution in [2.24, 2.45) is 11.7 Å². The highest BCUT2D eigenvalue weighted by atomic mass is 35.5. The maximum atomic E-state index is 12.4. The Bertz CT molecular complexity index is 529. The van der Waals surface area contributed by atoms with E-state index in [1.54, 1.807) is 25.1 Å². The van der Waals surface area contributed by atoms with Crippen LogP contribution in [0.5, 0.6) is 5.75 Å². The first-order chi connectivity index (χ1) is 10.4. The Balaban J connectivity index is 1.91. The molecule has 1 aromatic carbocycles. The van der Waals surface area contributed by atoms with Gasteiger partial charge >= 0.3 is 0 Å². The monoisotopic (exact) mass is 344 g/mol. The standard InChI is InChI=1S/C16H22Cl2N2O2/c1-10(19)12-5-7-20(8-6-12)16(21)11(2)22-13-3-4-14(17)15(18)9-13/h3-4,9-12H,5-8,19H2,1-2H3. The second-order valence-corrected chi connectivity index (χ2v) is 6.67. The van der Waals surface area contributed by atoms with Crippen LogP contribution in [-0.2, 0) is 4.79 Å². The molecule has 22 heavy (non-hydrogen) atoms. The summed E-state index contributed by atoms with van der Waals surface area (Å²) in [6.07, 6.45) is 1.34. The molecule has 4 nitrogen and oxygen atoms in total. The fourth-order valence-corrected chi connectivity index (χ4v) is 3.00. The molecule has 1 amide bonds. The van der Waals surface area contributed by atoms with Gasteiger partial charge in [-0.15, -0.1) is 0 Å². The van der Waals surface area contributed by atoms with Gasteiger partial charge in [-0.1, -0.05) is 23.2 Å². The van der Waals surface area contributed by atoms with Gasteiger partial charge < -0.3 is 15.4 Å². The molecule has 2 unspecified atom stereocenters. The number of hydrogen-bond donors (Lipinski definition) is 1. The van der Waals surface area contributed by atoms with E-state index in [0.717, 1.165) is 25.9 Å². The summed E-state index contributed by atoms with van der Waals surface area (Å²) in [7, 11) is 0. The van der Waals surface area contributed by atoms with E-state index >= 15 is 0 Å². The number of carbonyl (C=O) groups is 1. The Labute approximate surface area is 141 Å². The SMILES string of the molecule is CC(Oc1ccc(Cl)c(Cl)c1)C(=O)N1CCC(C(C)N)CC1. The third kappa shape index (κ3) is 4.28. The van der Waals surface area contributed by atoms with Crippen LogP contribution in [0.15, 0.2) is 18.2 Å². The van der Waals surface area contributed by atoms with Gasteiger partial charge in [-0.05, 0) is 44.7 Å². The second-order valence-electron chi connectivity index (χ2n) is 5.86. The molecule has 2 rings (SSSR count). The third-order valence-corrected chi connectivity index (χ3v) is 4.89. The normalized spacial score (nSPS) is 18.9. The molecule has 1 aromatic rings. The van der Waals surface area contributed by atoms with E-state index in [-0.39, 0.29) is 11.9 Å². The van der Waals surface area contributed by atoms with Crippen molar-refractivity contribution in [1.29, 1.82) is 0 Å². The first kappa shape index (κ1) is 17.4. The van der Waals surface area contributed by atoms with Crippen LogP contribution in [0.1, 0.15) is 26.7 Å². The molecule has 0 saturated carbocycles. The number of nitrogens with two attached hydrogens (primary N) is 1. The van der Waals surface area contributed by atoms with Gasteiger partial charge in [0.25, 0.3) is 5.91 Å². The lowest BCUT2D eigenvalue weighted by molar-refractivity contribution is -0.139. The summed E-state index contributed by atoms with van der Waals surface area (Å²) in [6, 6.07) is 5.17. The van der Waals surface area contributed by atoms with E-state index in [1.807, 2.05) is 11.8 Å². The minimum Gasteiger partial charge on any atom is -0.481 e. The summed E-state index contributed by atoms with van der Waals surface area (Å²) >= 11 is 11.8. The summed E-state index contributed by atoms with van der Waals surface area (Å²) in [5, 5.41) is 0.877. The average molecular weight is 345 g/mol. The zero-order valence-electron chi connectivity index (χ0n) is 12.9. The maximum absolute atomic E-state index is 12.4. The van der Waals surface area contributed by atoms with Crippen LogP contribution < -0.4 is 10.5 Å². The van der Waals surface area contributed by atoms with Crippen molar-refractivity contribution >= 4 is 29.1 Å². The molecule has 1 saturated heterocycles. The molecule has 2 atom stereocenters. The number of likely N-dealkylation sites (tertiary alicyclic amines) is 1. The quantitative estimate of drug-likeness (QED) is 0.911. The smallest absolute Gasteiger partial charge is 0.263 e. The number of amides is 1. The molecule has 1 fully saturated rings.